The molecule has 1 aliphatic rings. The standard InChI is InChI=1S/C9H16ClNO3S/c1-3-11(9(12)7(2)10)8-4-5-15(13,14)6-8/h7-8H,3-6H2,1-2H3/t7-,8+/m0/s1. The number of carbonyl (C=O) groups excluding carboxylic acids is 1. The van der Waals surface area contributed by atoms with Crippen molar-refractivity contribution in [3.8, 4) is 0 Å². The molecule has 0 aromatic carbocycles. The van der Waals surface area contributed by atoms with Crippen molar-refractivity contribution in [3.05, 3.63) is 0 Å². The van der Waals surface area contributed by atoms with Crippen molar-refractivity contribution in [2.45, 2.75) is 31.7 Å². The number of amides is 1. The van der Waals surface area contributed by atoms with Gasteiger partial charge in [-0.25, -0.2) is 8.42 Å². The molecule has 0 aromatic rings. The molecule has 6 heteroatoms. The molecule has 0 N–H and O–H groups in total. The largest absolute Gasteiger partial charge is 0.338 e. The van der Waals surface area contributed by atoms with E-state index in [1.165, 1.54) is 0 Å². The first kappa shape index (κ1) is 12.8. The van der Waals surface area contributed by atoms with Crippen molar-refractivity contribution >= 4 is 27.3 Å². The van der Waals surface area contributed by atoms with E-state index in [1.807, 2.05) is 6.92 Å². The van der Waals surface area contributed by atoms with E-state index in [9.17, 15) is 13.2 Å². The van der Waals surface area contributed by atoms with E-state index < -0.39 is 15.2 Å². The van der Waals surface area contributed by atoms with Gasteiger partial charge in [0.15, 0.2) is 9.84 Å². The molecule has 0 bridgehead atoms. The number of alkyl halides is 1. The molecular weight excluding hydrogens is 238 g/mol. The van der Waals surface area contributed by atoms with Crippen molar-refractivity contribution in [3.63, 3.8) is 0 Å². The maximum Gasteiger partial charge on any atom is 0.240 e. The SMILES string of the molecule is CCN(C(=O)[C@H](C)Cl)[C@@H]1CCS(=O)(=O)C1. The number of hydrogen-bond donors (Lipinski definition) is 0. The summed E-state index contributed by atoms with van der Waals surface area (Å²) >= 11 is 5.71. The lowest BCUT2D eigenvalue weighted by molar-refractivity contribution is -0.132. The molecule has 1 rings (SSSR count). The second-order valence-corrected chi connectivity index (χ2v) is 6.68. The minimum Gasteiger partial charge on any atom is -0.338 e. The third-order valence-electron chi connectivity index (χ3n) is 2.61. The number of carbonyl (C=O) groups is 1. The van der Waals surface area contributed by atoms with E-state index in [2.05, 4.69) is 0 Å². The van der Waals surface area contributed by atoms with Gasteiger partial charge in [0.05, 0.1) is 11.5 Å². The van der Waals surface area contributed by atoms with E-state index in [1.54, 1.807) is 11.8 Å². The molecule has 2 atom stereocenters. The van der Waals surface area contributed by atoms with Gasteiger partial charge in [-0.2, -0.15) is 0 Å². The average molecular weight is 254 g/mol. The fraction of sp³-hybridized carbons (Fsp3) is 0.889. The Kier molecular flexibility index (Phi) is 4.00. The van der Waals surface area contributed by atoms with Crippen molar-refractivity contribution in [2.75, 3.05) is 18.1 Å². The maximum atomic E-state index is 11.7. The van der Waals surface area contributed by atoms with Gasteiger partial charge in [0.2, 0.25) is 5.91 Å². The van der Waals surface area contributed by atoms with Crippen LogP contribution in [0.25, 0.3) is 0 Å². The molecule has 4 nitrogen and oxygen atoms in total. The Morgan fingerprint density at radius 3 is 2.53 bits per heavy atom. The Bertz CT molecular complexity index is 339. The highest BCUT2D eigenvalue weighted by Crippen LogP contribution is 2.19. The highest BCUT2D eigenvalue weighted by atomic mass is 35.5. The van der Waals surface area contributed by atoms with E-state index in [-0.39, 0.29) is 23.5 Å². The topological polar surface area (TPSA) is 54.5 Å². The Hall–Kier alpha value is -0.290. The van der Waals surface area contributed by atoms with Crippen LogP contribution in [0.1, 0.15) is 20.3 Å². The Balaban J connectivity index is 2.73. The normalized spacial score (nSPS) is 26.2. The molecule has 0 aliphatic carbocycles. The molecule has 1 aliphatic heterocycles. The van der Waals surface area contributed by atoms with Crippen molar-refractivity contribution in [1.82, 2.24) is 4.90 Å². The number of hydrogen-bond acceptors (Lipinski definition) is 3. The molecule has 1 saturated heterocycles. The first-order chi connectivity index (χ1) is 6.87. The van der Waals surface area contributed by atoms with Gasteiger partial charge in [-0.05, 0) is 20.3 Å². The second-order valence-electron chi connectivity index (χ2n) is 3.80. The van der Waals surface area contributed by atoms with E-state index >= 15 is 0 Å². The predicted octanol–water partition coefficient (Wildman–Crippen LogP) is 0.649. The summed E-state index contributed by atoms with van der Waals surface area (Å²) in [7, 11) is -2.95. The van der Waals surface area contributed by atoms with Crippen LogP contribution in [0.3, 0.4) is 0 Å². The van der Waals surface area contributed by atoms with Gasteiger partial charge >= 0.3 is 0 Å². The van der Waals surface area contributed by atoms with Gasteiger partial charge < -0.3 is 4.90 Å². The van der Waals surface area contributed by atoms with Gasteiger partial charge in [-0.1, -0.05) is 0 Å². The third kappa shape index (κ3) is 3.08. The molecule has 0 unspecified atom stereocenters. The first-order valence-corrected chi connectivity index (χ1v) is 7.28. The molecule has 1 fully saturated rings. The van der Waals surface area contributed by atoms with Crippen molar-refractivity contribution in [2.24, 2.45) is 0 Å². The van der Waals surface area contributed by atoms with Crippen LogP contribution in [-0.4, -0.2) is 48.7 Å². The summed E-state index contributed by atoms with van der Waals surface area (Å²) < 4.78 is 22.6. The quantitative estimate of drug-likeness (QED) is 0.694. The van der Waals surface area contributed by atoms with E-state index in [4.69, 9.17) is 11.6 Å². The van der Waals surface area contributed by atoms with Crippen LogP contribution in [0, 0.1) is 0 Å². The lowest BCUT2D eigenvalue weighted by Gasteiger charge is -2.27. The molecule has 0 saturated carbocycles. The van der Waals surface area contributed by atoms with Crippen molar-refractivity contribution in [1.29, 1.82) is 0 Å². The summed E-state index contributed by atoms with van der Waals surface area (Å²) in [5, 5.41) is -0.590. The van der Waals surface area contributed by atoms with Gasteiger partial charge in [0.25, 0.3) is 0 Å². The summed E-state index contributed by atoms with van der Waals surface area (Å²) in [5.74, 6) is 0.0789. The molecule has 88 valence electrons. The summed E-state index contributed by atoms with van der Waals surface area (Å²) in [6, 6.07) is -0.186. The molecule has 15 heavy (non-hydrogen) atoms. The van der Waals surface area contributed by atoms with Crippen LogP contribution in [0.5, 0.6) is 0 Å². The predicted molar refractivity (Wildman–Crippen MR) is 59.8 cm³/mol. The van der Waals surface area contributed by atoms with Crippen LogP contribution >= 0.6 is 11.6 Å². The Morgan fingerprint density at radius 1 is 1.60 bits per heavy atom. The zero-order valence-electron chi connectivity index (χ0n) is 8.94. The van der Waals surface area contributed by atoms with Gasteiger partial charge in [0.1, 0.15) is 5.38 Å². The molecule has 0 aromatic heterocycles. The monoisotopic (exact) mass is 253 g/mol. The van der Waals surface area contributed by atoms with E-state index in [0.29, 0.717) is 13.0 Å². The summed E-state index contributed by atoms with van der Waals surface area (Å²) in [4.78, 5) is 13.2. The lowest BCUT2D eigenvalue weighted by Crippen LogP contribution is -2.44. The summed E-state index contributed by atoms with van der Waals surface area (Å²) in [6.07, 6.45) is 0.533. The van der Waals surface area contributed by atoms with Crippen LogP contribution in [-0.2, 0) is 14.6 Å². The Morgan fingerprint density at radius 2 is 2.20 bits per heavy atom. The van der Waals surface area contributed by atoms with Gasteiger partial charge in [-0.3, -0.25) is 4.79 Å². The average Bonchev–Trinajstić information content (AvgIpc) is 2.47. The minimum atomic E-state index is -2.95. The second kappa shape index (κ2) is 4.70. The zero-order valence-corrected chi connectivity index (χ0v) is 10.5. The fourth-order valence-corrected chi connectivity index (χ4v) is 3.70. The number of nitrogens with zero attached hydrogens (tertiary/aromatic N) is 1. The minimum absolute atomic E-state index is 0.0796. The Labute approximate surface area is 95.5 Å². The fourth-order valence-electron chi connectivity index (χ4n) is 1.84. The molecule has 0 spiro atoms. The van der Waals surface area contributed by atoms with Crippen LogP contribution < -0.4 is 0 Å². The number of sulfone groups is 1. The van der Waals surface area contributed by atoms with Crippen molar-refractivity contribution < 1.29 is 13.2 Å². The van der Waals surface area contributed by atoms with Crippen LogP contribution in [0.15, 0.2) is 0 Å². The first-order valence-electron chi connectivity index (χ1n) is 5.02. The zero-order chi connectivity index (χ0) is 11.6. The lowest BCUT2D eigenvalue weighted by atomic mass is 10.2. The molecule has 1 heterocycles. The van der Waals surface area contributed by atoms with Gasteiger partial charge in [0, 0.05) is 12.6 Å². The third-order valence-corrected chi connectivity index (χ3v) is 4.55. The maximum absolute atomic E-state index is 11.7. The highest BCUT2D eigenvalue weighted by Gasteiger charge is 2.34. The smallest absolute Gasteiger partial charge is 0.240 e. The number of halogens is 1. The highest BCUT2D eigenvalue weighted by molar-refractivity contribution is 7.91. The van der Waals surface area contributed by atoms with Crippen LogP contribution in [0.4, 0.5) is 0 Å². The molecule has 0 radical (unpaired) electrons. The van der Waals surface area contributed by atoms with Gasteiger partial charge in [-0.15, -0.1) is 11.6 Å². The summed E-state index contributed by atoms with van der Waals surface area (Å²) in [6.45, 7) is 3.95. The van der Waals surface area contributed by atoms with Crippen LogP contribution in [0.2, 0.25) is 0 Å². The molecular formula is C9H16ClNO3S. The summed E-state index contributed by atoms with van der Waals surface area (Å²) in [5.41, 5.74) is 0. The number of rotatable bonds is 3. The molecule has 1 amide bonds. The van der Waals surface area contributed by atoms with E-state index in [0.717, 1.165) is 0 Å².